The quantitative estimate of drug-likeness (QED) is 0.906. The maximum Gasteiger partial charge on any atom is 0.147 e. The van der Waals surface area contributed by atoms with Crippen molar-refractivity contribution in [3.8, 4) is 10.6 Å². The van der Waals surface area contributed by atoms with E-state index in [0.29, 0.717) is 0 Å². The molecule has 2 heterocycles. The van der Waals surface area contributed by atoms with Gasteiger partial charge in [-0.25, -0.2) is 0 Å². The van der Waals surface area contributed by atoms with Crippen molar-refractivity contribution in [2.75, 3.05) is 0 Å². The SMILES string of the molecule is CC(C)(C)NCc1nnc(-c2ccncc2)s1. The lowest BCUT2D eigenvalue weighted by atomic mass is 10.1. The summed E-state index contributed by atoms with van der Waals surface area (Å²) < 4.78 is 0. The lowest BCUT2D eigenvalue weighted by Crippen LogP contribution is -2.35. The van der Waals surface area contributed by atoms with Crippen LogP contribution in [0, 0.1) is 0 Å². The molecule has 0 aliphatic heterocycles. The third-order valence-corrected chi connectivity index (χ3v) is 3.14. The van der Waals surface area contributed by atoms with Crippen molar-refractivity contribution in [3.05, 3.63) is 29.5 Å². The summed E-state index contributed by atoms with van der Waals surface area (Å²) in [4.78, 5) is 3.99. The molecule has 4 nitrogen and oxygen atoms in total. The van der Waals surface area contributed by atoms with Crippen LogP contribution in [0.1, 0.15) is 25.8 Å². The van der Waals surface area contributed by atoms with Gasteiger partial charge in [-0.1, -0.05) is 11.3 Å². The zero-order valence-electron chi connectivity index (χ0n) is 10.3. The number of hydrogen-bond donors (Lipinski definition) is 1. The number of nitrogens with zero attached hydrogens (tertiary/aromatic N) is 3. The van der Waals surface area contributed by atoms with Gasteiger partial charge in [0.15, 0.2) is 0 Å². The van der Waals surface area contributed by atoms with Gasteiger partial charge in [-0.05, 0) is 32.9 Å². The monoisotopic (exact) mass is 248 g/mol. The molecule has 90 valence electrons. The minimum atomic E-state index is 0.0997. The highest BCUT2D eigenvalue weighted by atomic mass is 32.1. The fourth-order valence-electron chi connectivity index (χ4n) is 1.28. The van der Waals surface area contributed by atoms with Gasteiger partial charge in [-0.15, -0.1) is 10.2 Å². The van der Waals surface area contributed by atoms with E-state index in [-0.39, 0.29) is 5.54 Å². The average molecular weight is 248 g/mol. The lowest BCUT2D eigenvalue weighted by Gasteiger charge is -2.19. The number of nitrogens with one attached hydrogen (secondary N) is 1. The maximum atomic E-state index is 4.19. The van der Waals surface area contributed by atoms with E-state index in [1.54, 1.807) is 23.7 Å². The van der Waals surface area contributed by atoms with Gasteiger partial charge >= 0.3 is 0 Å². The van der Waals surface area contributed by atoms with Crippen molar-refractivity contribution >= 4 is 11.3 Å². The van der Waals surface area contributed by atoms with Crippen LogP contribution in [0.25, 0.3) is 10.6 Å². The van der Waals surface area contributed by atoms with Crippen LogP contribution in [0.5, 0.6) is 0 Å². The summed E-state index contributed by atoms with van der Waals surface area (Å²) in [7, 11) is 0. The molecule has 2 aromatic heterocycles. The molecule has 0 bridgehead atoms. The smallest absolute Gasteiger partial charge is 0.147 e. The molecular formula is C12H16N4S. The molecule has 17 heavy (non-hydrogen) atoms. The molecule has 0 fully saturated rings. The minimum Gasteiger partial charge on any atom is -0.306 e. The third-order valence-electron chi connectivity index (χ3n) is 2.16. The largest absolute Gasteiger partial charge is 0.306 e. The Labute approximate surface area is 105 Å². The van der Waals surface area contributed by atoms with Crippen LogP contribution in [0.2, 0.25) is 0 Å². The van der Waals surface area contributed by atoms with E-state index in [2.05, 4.69) is 41.3 Å². The van der Waals surface area contributed by atoms with Crippen LogP contribution in [-0.2, 0) is 6.54 Å². The third kappa shape index (κ3) is 3.57. The first-order chi connectivity index (χ1) is 8.04. The molecule has 1 N–H and O–H groups in total. The van der Waals surface area contributed by atoms with Crippen LogP contribution in [-0.4, -0.2) is 20.7 Å². The zero-order valence-corrected chi connectivity index (χ0v) is 11.1. The second-order valence-electron chi connectivity index (χ2n) is 4.84. The fourth-order valence-corrected chi connectivity index (χ4v) is 2.06. The summed E-state index contributed by atoms with van der Waals surface area (Å²) >= 11 is 1.61. The van der Waals surface area contributed by atoms with Crippen molar-refractivity contribution in [1.29, 1.82) is 0 Å². The Morgan fingerprint density at radius 1 is 1.18 bits per heavy atom. The van der Waals surface area contributed by atoms with Gasteiger partial charge in [-0.2, -0.15) is 0 Å². The zero-order chi connectivity index (χ0) is 12.3. The van der Waals surface area contributed by atoms with E-state index in [1.807, 2.05) is 12.1 Å². The Morgan fingerprint density at radius 2 is 1.88 bits per heavy atom. The molecule has 0 amide bonds. The lowest BCUT2D eigenvalue weighted by molar-refractivity contribution is 0.423. The van der Waals surface area contributed by atoms with Crippen molar-refractivity contribution in [2.45, 2.75) is 32.9 Å². The first-order valence-electron chi connectivity index (χ1n) is 5.52. The molecule has 0 saturated carbocycles. The number of rotatable bonds is 3. The van der Waals surface area contributed by atoms with E-state index < -0.39 is 0 Å². The van der Waals surface area contributed by atoms with E-state index >= 15 is 0 Å². The highest BCUT2D eigenvalue weighted by molar-refractivity contribution is 7.14. The standard InChI is InChI=1S/C12H16N4S/c1-12(2,3)14-8-10-15-16-11(17-10)9-4-6-13-7-5-9/h4-7,14H,8H2,1-3H3. The van der Waals surface area contributed by atoms with Gasteiger partial charge in [0.05, 0.1) is 6.54 Å². The summed E-state index contributed by atoms with van der Waals surface area (Å²) in [6.45, 7) is 7.17. The van der Waals surface area contributed by atoms with Crippen LogP contribution < -0.4 is 5.32 Å². The number of aromatic nitrogens is 3. The van der Waals surface area contributed by atoms with Crippen LogP contribution in [0.4, 0.5) is 0 Å². The van der Waals surface area contributed by atoms with Gasteiger partial charge in [-0.3, -0.25) is 4.98 Å². The minimum absolute atomic E-state index is 0.0997. The Morgan fingerprint density at radius 3 is 2.53 bits per heavy atom. The van der Waals surface area contributed by atoms with Crippen molar-refractivity contribution in [2.24, 2.45) is 0 Å². The molecule has 0 saturated heterocycles. The van der Waals surface area contributed by atoms with Crippen molar-refractivity contribution in [1.82, 2.24) is 20.5 Å². The molecule has 2 aromatic rings. The highest BCUT2D eigenvalue weighted by Crippen LogP contribution is 2.22. The molecule has 0 atom stereocenters. The summed E-state index contributed by atoms with van der Waals surface area (Å²) in [6, 6.07) is 3.89. The van der Waals surface area contributed by atoms with Crippen LogP contribution in [0.15, 0.2) is 24.5 Å². The molecule has 0 aliphatic rings. The molecule has 0 spiro atoms. The first kappa shape index (κ1) is 12.1. The normalized spacial score (nSPS) is 11.7. The molecule has 0 aliphatic carbocycles. The fraction of sp³-hybridized carbons (Fsp3) is 0.417. The number of hydrogen-bond acceptors (Lipinski definition) is 5. The average Bonchev–Trinajstić information content (AvgIpc) is 2.75. The van der Waals surface area contributed by atoms with E-state index in [4.69, 9.17) is 0 Å². The molecule has 0 unspecified atom stereocenters. The van der Waals surface area contributed by atoms with Gasteiger partial charge in [0.2, 0.25) is 0 Å². The molecular weight excluding hydrogens is 232 g/mol. The summed E-state index contributed by atoms with van der Waals surface area (Å²) in [5.41, 5.74) is 1.17. The van der Waals surface area contributed by atoms with E-state index in [0.717, 1.165) is 22.1 Å². The Kier molecular flexibility index (Phi) is 3.49. The molecule has 5 heteroatoms. The summed E-state index contributed by atoms with van der Waals surface area (Å²) in [5.74, 6) is 0. The van der Waals surface area contributed by atoms with Crippen molar-refractivity contribution in [3.63, 3.8) is 0 Å². The summed E-state index contributed by atoms with van der Waals surface area (Å²) in [5, 5.41) is 13.7. The predicted molar refractivity (Wildman–Crippen MR) is 69.7 cm³/mol. The Hall–Kier alpha value is -1.33. The molecule has 2 rings (SSSR count). The number of pyridine rings is 1. The second-order valence-corrected chi connectivity index (χ2v) is 5.90. The van der Waals surface area contributed by atoms with E-state index in [9.17, 15) is 0 Å². The van der Waals surface area contributed by atoms with Crippen LogP contribution >= 0.6 is 11.3 Å². The van der Waals surface area contributed by atoms with Gasteiger partial charge in [0, 0.05) is 23.5 Å². The highest BCUT2D eigenvalue weighted by Gasteiger charge is 2.11. The maximum absolute atomic E-state index is 4.19. The Balaban J connectivity index is 2.07. The molecule has 0 aromatic carbocycles. The van der Waals surface area contributed by atoms with Gasteiger partial charge in [0.1, 0.15) is 10.0 Å². The summed E-state index contributed by atoms with van der Waals surface area (Å²) in [6.07, 6.45) is 3.54. The predicted octanol–water partition coefficient (Wildman–Crippen LogP) is 2.49. The van der Waals surface area contributed by atoms with Gasteiger partial charge < -0.3 is 5.32 Å². The van der Waals surface area contributed by atoms with Crippen molar-refractivity contribution < 1.29 is 0 Å². The first-order valence-corrected chi connectivity index (χ1v) is 6.34. The van der Waals surface area contributed by atoms with E-state index in [1.165, 1.54) is 0 Å². The van der Waals surface area contributed by atoms with Gasteiger partial charge in [0.25, 0.3) is 0 Å². The Bertz CT molecular complexity index is 473. The van der Waals surface area contributed by atoms with Crippen LogP contribution in [0.3, 0.4) is 0 Å². The molecule has 0 radical (unpaired) electrons. The topological polar surface area (TPSA) is 50.7 Å². The second kappa shape index (κ2) is 4.89.